The summed E-state index contributed by atoms with van der Waals surface area (Å²) in [4.78, 5) is 39.1. The van der Waals surface area contributed by atoms with Gasteiger partial charge in [-0.1, -0.05) is 30.3 Å². The van der Waals surface area contributed by atoms with Crippen LogP contribution in [0, 0.1) is 0 Å². The standard InChI is InChI=1S/C22H28N2O5/c1-15(2)24(16(3)4)20(25)14-29-22(27)18(13-17-9-6-5-7-10-17)23-21(26)19-11-8-12-28-19/h5-12,15-16,18H,13-14H2,1-4H3,(H,23,26)/t18-/m0/s1. The number of hydrogen-bond donors (Lipinski definition) is 1. The summed E-state index contributed by atoms with van der Waals surface area (Å²) < 4.78 is 10.3. The van der Waals surface area contributed by atoms with Gasteiger partial charge >= 0.3 is 5.97 Å². The Morgan fingerprint density at radius 3 is 2.21 bits per heavy atom. The average molecular weight is 400 g/mol. The molecule has 0 unspecified atom stereocenters. The monoisotopic (exact) mass is 400 g/mol. The molecule has 2 amide bonds. The molecule has 1 N–H and O–H groups in total. The molecule has 0 spiro atoms. The molecule has 1 aromatic heterocycles. The molecule has 0 aliphatic heterocycles. The van der Waals surface area contributed by atoms with Crippen LogP contribution in [0.3, 0.4) is 0 Å². The van der Waals surface area contributed by atoms with E-state index < -0.39 is 17.9 Å². The first kappa shape index (κ1) is 22.2. The van der Waals surface area contributed by atoms with Crippen LogP contribution < -0.4 is 5.32 Å². The molecule has 29 heavy (non-hydrogen) atoms. The van der Waals surface area contributed by atoms with Crippen LogP contribution in [0.1, 0.15) is 43.8 Å². The van der Waals surface area contributed by atoms with Gasteiger partial charge in [0.15, 0.2) is 12.4 Å². The zero-order valence-corrected chi connectivity index (χ0v) is 17.3. The van der Waals surface area contributed by atoms with Gasteiger partial charge < -0.3 is 19.4 Å². The second-order valence-corrected chi connectivity index (χ2v) is 7.29. The molecule has 0 aliphatic carbocycles. The summed E-state index contributed by atoms with van der Waals surface area (Å²) in [5.41, 5.74) is 0.853. The molecule has 0 bridgehead atoms. The van der Waals surface area contributed by atoms with Gasteiger partial charge in [0.05, 0.1) is 6.26 Å². The molecule has 1 heterocycles. The SMILES string of the molecule is CC(C)N(C(=O)COC(=O)[C@H](Cc1ccccc1)NC(=O)c1ccco1)C(C)C. The number of carbonyl (C=O) groups excluding carboxylic acids is 3. The van der Waals surface area contributed by atoms with Gasteiger partial charge in [-0.05, 0) is 45.4 Å². The first-order chi connectivity index (χ1) is 13.8. The van der Waals surface area contributed by atoms with Crippen LogP contribution in [0.5, 0.6) is 0 Å². The highest BCUT2D eigenvalue weighted by molar-refractivity contribution is 5.94. The van der Waals surface area contributed by atoms with Crippen molar-refractivity contribution >= 4 is 17.8 Å². The van der Waals surface area contributed by atoms with Crippen molar-refractivity contribution in [2.75, 3.05) is 6.61 Å². The van der Waals surface area contributed by atoms with Gasteiger partial charge in [-0.2, -0.15) is 0 Å². The van der Waals surface area contributed by atoms with E-state index in [2.05, 4.69) is 5.32 Å². The quantitative estimate of drug-likeness (QED) is 0.654. The number of ether oxygens (including phenoxy) is 1. The highest BCUT2D eigenvalue weighted by Crippen LogP contribution is 2.09. The third-order valence-electron chi connectivity index (χ3n) is 4.36. The predicted octanol–water partition coefficient (Wildman–Crippen LogP) is 2.81. The van der Waals surface area contributed by atoms with Crippen LogP contribution in [-0.4, -0.2) is 47.4 Å². The van der Waals surface area contributed by atoms with Crippen molar-refractivity contribution in [1.82, 2.24) is 10.2 Å². The maximum Gasteiger partial charge on any atom is 0.329 e. The van der Waals surface area contributed by atoms with E-state index in [0.29, 0.717) is 0 Å². The van der Waals surface area contributed by atoms with E-state index in [0.717, 1.165) is 5.56 Å². The zero-order chi connectivity index (χ0) is 21.4. The Kier molecular flexibility index (Phi) is 8.00. The van der Waals surface area contributed by atoms with Gasteiger partial charge in [0, 0.05) is 18.5 Å². The third-order valence-corrected chi connectivity index (χ3v) is 4.36. The van der Waals surface area contributed by atoms with Crippen molar-refractivity contribution in [1.29, 1.82) is 0 Å². The maximum absolute atomic E-state index is 12.7. The fourth-order valence-corrected chi connectivity index (χ4v) is 3.16. The minimum Gasteiger partial charge on any atom is -0.459 e. The summed E-state index contributed by atoms with van der Waals surface area (Å²) in [5, 5.41) is 2.63. The number of nitrogens with one attached hydrogen (secondary N) is 1. The number of furan rings is 1. The van der Waals surface area contributed by atoms with Crippen molar-refractivity contribution in [3.63, 3.8) is 0 Å². The number of rotatable bonds is 9. The number of hydrogen-bond acceptors (Lipinski definition) is 5. The van der Waals surface area contributed by atoms with E-state index in [9.17, 15) is 14.4 Å². The summed E-state index contributed by atoms with van der Waals surface area (Å²) in [6.07, 6.45) is 1.61. The van der Waals surface area contributed by atoms with Gasteiger partial charge in [0.25, 0.3) is 11.8 Å². The Hall–Kier alpha value is -3.09. The Labute approximate surface area is 171 Å². The Morgan fingerprint density at radius 2 is 1.66 bits per heavy atom. The topological polar surface area (TPSA) is 88.9 Å². The first-order valence-corrected chi connectivity index (χ1v) is 9.65. The van der Waals surface area contributed by atoms with Crippen LogP contribution in [-0.2, 0) is 20.7 Å². The van der Waals surface area contributed by atoms with Gasteiger partial charge in [0.1, 0.15) is 6.04 Å². The number of esters is 1. The lowest BCUT2D eigenvalue weighted by Gasteiger charge is -2.30. The lowest BCUT2D eigenvalue weighted by molar-refractivity contribution is -0.155. The van der Waals surface area contributed by atoms with Crippen molar-refractivity contribution in [2.45, 2.75) is 52.2 Å². The highest BCUT2D eigenvalue weighted by atomic mass is 16.5. The lowest BCUT2D eigenvalue weighted by Crippen LogP contribution is -2.47. The summed E-state index contributed by atoms with van der Waals surface area (Å²) in [5.74, 6) is -1.38. The number of benzene rings is 1. The molecule has 2 aromatic rings. The van der Waals surface area contributed by atoms with Gasteiger partial charge in [0.2, 0.25) is 0 Å². The summed E-state index contributed by atoms with van der Waals surface area (Å²) in [7, 11) is 0. The van der Waals surface area contributed by atoms with Gasteiger partial charge in [-0.25, -0.2) is 4.79 Å². The Balaban J connectivity index is 2.07. The fourth-order valence-electron chi connectivity index (χ4n) is 3.16. The van der Waals surface area contributed by atoms with Crippen LogP contribution >= 0.6 is 0 Å². The first-order valence-electron chi connectivity index (χ1n) is 9.65. The van der Waals surface area contributed by atoms with Crippen LogP contribution in [0.2, 0.25) is 0 Å². The van der Waals surface area contributed by atoms with E-state index in [1.807, 2.05) is 58.0 Å². The predicted molar refractivity (Wildman–Crippen MR) is 108 cm³/mol. The van der Waals surface area contributed by atoms with E-state index in [-0.39, 0.29) is 36.8 Å². The van der Waals surface area contributed by atoms with Crippen LogP contribution in [0.25, 0.3) is 0 Å². The van der Waals surface area contributed by atoms with E-state index in [1.54, 1.807) is 11.0 Å². The molecule has 2 rings (SSSR count). The molecular weight excluding hydrogens is 372 g/mol. The largest absolute Gasteiger partial charge is 0.459 e. The highest BCUT2D eigenvalue weighted by Gasteiger charge is 2.27. The molecule has 0 fully saturated rings. The summed E-state index contributed by atoms with van der Waals surface area (Å²) in [6.45, 7) is 7.24. The van der Waals surface area contributed by atoms with Gasteiger partial charge in [-0.15, -0.1) is 0 Å². The minimum absolute atomic E-state index is 0.0139. The second-order valence-electron chi connectivity index (χ2n) is 7.29. The minimum atomic E-state index is -0.950. The number of carbonyl (C=O) groups is 3. The molecule has 7 nitrogen and oxygen atoms in total. The molecular formula is C22H28N2O5. The molecule has 0 saturated heterocycles. The molecule has 156 valence electrons. The molecule has 0 saturated carbocycles. The van der Waals surface area contributed by atoms with E-state index in [1.165, 1.54) is 12.3 Å². The molecule has 7 heteroatoms. The average Bonchev–Trinajstić information content (AvgIpc) is 3.20. The van der Waals surface area contributed by atoms with Crippen molar-refractivity contribution in [2.24, 2.45) is 0 Å². The summed E-state index contributed by atoms with van der Waals surface area (Å²) >= 11 is 0. The zero-order valence-electron chi connectivity index (χ0n) is 17.3. The van der Waals surface area contributed by atoms with Crippen LogP contribution in [0.4, 0.5) is 0 Å². The molecule has 0 radical (unpaired) electrons. The number of nitrogens with zero attached hydrogens (tertiary/aromatic N) is 1. The Morgan fingerprint density at radius 1 is 1.00 bits per heavy atom. The Bertz CT molecular complexity index is 792. The van der Waals surface area contributed by atoms with Crippen LogP contribution in [0.15, 0.2) is 53.1 Å². The van der Waals surface area contributed by atoms with Crippen molar-refractivity contribution in [3.8, 4) is 0 Å². The smallest absolute Gasteiger partial charge is 0.329 e. The van der Waals surface area contributed by atoms with Crippen molar-refractivity contribution in [3.05, 3.63) is 60.1 Å². The second kappa shape index (κ2) is 10.5. The normalized spacial score (nSPS) is 11.9. The van der Waals surface area contributed by atoms with E-state index in [4.69, 9.17) is 9.15 Å². The maximum atomic E-state index is 12.7. The number of amides is 2. The fraction of sp³-hybridized carbons (Fsp3) is 0.409. The van der Waals surface area contributed by atoms with Gasteiger partial charge in [-0.3, -0.25) is 9.59 Å². The lowest BCUT2D eigenvalue weighted by atomic mass is 10.1. The molecule has 1 aromatic carbocycles. The van der Waals surface area contributed by atoms with E-state index >= 15 is 0 Å². The molecule has 0 aliphatic rings. The molecule has 1 atom stereocenters. The van der Waals surface area contributed by atoms with Crippen molar-refractivity contribution < 1.29 is 23.5 Å². The summed E-state index contributed by atoms with van der Waals surface area (Å²) in [6, 6.07) is 11.4. The third kappa shape index (κ3) is 6.48.